The summed E-state index contributed by atoms with van der Waals surface area (Å²) < 4.78 is 0. The van der Waals surface area contributed by atoms with E-state index in [1.807, 2.05) is 62.4 Å². The average Bonchev–Trinajstić information content (AvgIpc) is 2.50. The quantitative estimate of drug-likeness (QED) is 0.799. The van der Waals surface area contributed by atoms with Crippen LogP contribution in [0, 0.1) is 13.8 Å². The number of nitrogens with zero attached hydrogens (tertiary/aromatic N) is 2. The predicted molar refractivity (Wildman–Crippen MR) is 86.8 cm³/mol. The summed E-state index contributed by atoms with van der Waals surface area (Å²) in [6.07, 6.45) is -0.0946. The molecule has 0 bridgehead atoms. The molecule has 0 unspecified atom stereocenters. The van der Waals surface area contributed by atoms with Crippen LogP contribution in [0.3, 0.4) is 0 Å². The average molecular weight is 294 g/mol. The second-order valence-electron chi connectivity index (χ2n) is 5.53. The lowest BCUT2D eigenvalue weighted by Crippen LogP contribution is -2.52. The molecule has 3 rings (SSSR count). The Labute approximate surface area is 130 Å². The summed E-state index contributed by atoms with van der Waals surface area (Å²) in [5.41, 5.74) is 3.77. The molecule has 0 aliphatic carbocycles. The fourth-order valence-electron chi connectivity index (χ4n) is 2.77. The Kier molecular flexibility index (Phi) is 3.67. The molecule has 1 fully saturated rings. The summed E-state index contributed by atoms with van der Waals surface area (Å²) in [6.45, 7) is 4.20. The van der Waals surface area contributed by atoms with Crippen LogP contribution in [-0.2, 0) is 9.59 Å². The van der Waals surface area contributed by atoms with E-state index in [0.29, 0.717) is 0 Å². The minimum atomic E-state index is -0.149. The molecule has 2 aromatic carbocycles. The van der Waals surface area contributed by atoms with Crippen molar-refractivity contribution in [3.8, 4) is 0 Å². The summed E-state index contributed by atoms with van der Waals surface area (Å²) in [7, 11) is 0. The highest BCUT2D eigenvalue weighted by Gasteiger charge is 2.32. The molecule has 0 radical (unpaired) electrons. The van der Waals surface area contributed by atoms with Crippen LogP contribution in [0.15, 0.2) is 48.5 Å². The van der Waals surface area contributed by atoms with E-state index in [4.69, 9.17) is 0 Å². The summed E-state index contributed by atoms with van der Waals surface area (Å²) in [6, 6.07) is 15.5. The first-order chi connectivity index (χ1) is 10.6. The maximum atomic E-state index is 12.3. The van der Waals surface area contributed by atoms with Gasteiger partial charge in [-0.3, -0.25) is 19.4 Å². The van der Waals surface area contributed by atoms with Gasteiger partial charge in [-0.1, -0.05) is 36.4 Å². The monoisotopic (exact) mass is 294 g/mol. The minimum absolute atomic E-state index is 0.0946. The van der Waals surface area contributed by atoms with Crippen LogP contribution in [0.4, 0.5) is 11.4 Å². The number of benzene rings is 2. The molecule has 4 nitrogen and oxygen atoms in total. The van der Waals surface area contributed by atoms with Crippen molar-refractivity contribution < 1.29 is 9.59 Å². The van der Waals surface area contributed by atoms with Crippen molar-refractivity contribution in [2.75, 3.05) is 16.5 Å². The predicted octanol–water partition coefficient (Wildman–Crippen LogP) is 3.03. The molecule has 22 heavy (non-hydrogen) atoms. The third kappa shape index (κ3) is 2.48. The van der Waals surface area contributed by atoms with Gasteiger partial charge in [0.15, 0.2) is 0 Å². The van der Waals surface area contributed by atoms with Crippen LogP contribution in [0.25, 0.3) is 0 Å². The highest BCUT2D eigenvalue weighted by molar-refractivity contribution is 6.14. The Morgan fingerprint density at radius 3 is 1.55 bits per heavy atom. The highest BCUT2D eigenvalue weighted by Crippen LogP contribution is 2.28. The van der Waals surface area contributed by atoms with Gasteiger partial charge >= 0.3 is 0 Å². The number of hydrogen-bond donors (Lipinski definition) is 0. The van der Waals surface area contributed by atoms with Gasteiger partial charge in [0.25, 0.3) is 0 Å². The van der Waals surface area contributed by atoms with Crippen LogP contribution in [0.1, 0.15) is 17.5 Å². The number of aryl methyl sites for hydroxylation is 2. The van der Waals surface area contributed by atoms with Crippen molar-refractivity contribution >= 4 is 23.2 Å². The van der Waals surface area contributed by atoms with Gasteiger partial charge in [0.2, 0.25) is 11.8 Å². The summed E-state index contributed by atoms with van der Waals surface area (Å²) >= 11 is 0. The van der Waals surface area contributed by atoms with Crippen LogP contribution in [-0.4, -0.2) is 18.5 Å². The van der Waals surface area contributed by atoms with Crippen LogP contribution in [0.2, 0.25) is 0 Å². The first-order valence-corrected chi connectivity index (χ1v) is 7.30. The van der Waals surface area contributed by atoms with Gasteiger partial charge in [0, 0.05) is 11.4 Å². The molecule has 0 aromatic heterocycles. The van der Waals surface area contributed by atoms with Crippen molar-refractivity contribution in [1.29, 1.82) is 0 Å². The van der Waals surface area contributed by atoms with Crippen molar-refractivity contribution in [2.45, 2.75) is 20.3 Å². The first kappa shape index (κ1) is 14.3. The van der Waals surface area contributed by atoms with E-state index in [0.717, 1.165) is 22.5 Å². The topological polar surface area (TPSA) is 40.6 Å². The minimum Gasteiger partial charge on any atom is -0.293 e. The van der Waals surface area contributed by atoms with E-state index in [-0.39, 0.29) is 24.9 Å². The zero-order valence-corrected chi connectivity index (χ0v) is 12.7. The Morgan fingerprint density at radius 2 is 1.14 bits per heavy atom. The van der Waals surface area contributed by atoms with Gasteiger partial charge in [0.05, 0.1) is 0 Å². The molecule has 1 heterocycles. The number of amides is 2. The normalized spacial score (nSPS) is 15.4. The van der Waals surface area contributed by atoms with E-state index in [1.165, 1.54) is 0 Å². The molecule has 1 saturated heterocycles. The third-order valence-electron chi connectivity index (χ3n) is 4.00. The molecule has 1 aliphatic rings. The maximum absolute atomic E-state index is 12.3. The second kappa shape index (κ2) is 5.64. The van der Waals surface area contributed by atoms with E-state index in [1.54, 1.807) is 9.80 Å². The fraction of sp³-hybridized carbons (Fsp3) is 0.222. The largest absolute Gasteiger partial charge is 0.293 e. The van der Waals surface area contributed by atoms with Crippen molar-refractivity contribution in [1.82, 2.24) is 0 Å². The van der Waals surface area contributed by atoms with Gasteiger partial charge in [-0.2, -0.15) is 0 Å². The highest BCUT2D eigenvalue weighted by atomic mass is 16.2. The number of carbonyl (C=O) groups excluding carboxylic acids is 2. The van der Waals surface area contributed by atoms with E-state index in [2.05, 4.69) is 0 Å². The molecule has 1 aliphatic heterocycles. The van der Waals surface area contributed by atoms with Crippen molar-refractivity contribution in [2.24, 2.45) is 0 Å². The second-order valence-corrected chi connectivity index (χ2v) is 5.53. The lowest BCUT2D eigenvalue weighted by atomic mass is 10.1. The van der Waals surface area contributed by atoms with Crippen LogP contribution < -0.4 is 9.80 Å². The number of carbonyl (C=O) groups is 2. The standard InChI is InChI=1S/C18H18N2O2/c1-13-7-3-5-9-15(13)19-12-20(18(22)11-17(19)21)16-10-6-4-8-14(16)2/h3-10H,11-12H2,1-2H3. The molecule has 4 heteroatoms. The van der Waals surface area contributed by atoms with E-state index >= 15 is 0 Å². The summed E-state index contributed by atoms with van der Waals surface area (Å²) in [5, 5.41) is 0. The molecule has 0 N–H and O–H groups in total. The molecular formula is C18H18N2O2. The molecule has 0 saturated carbocycles. The lowest BCUT2D eigenvalue weighted by Gasteiger charge is -2.36. The molecule has 2 aromatic rings. The molecular weight excluding hydrogens is 276 g/mol. The van der Waals surface area contributed by atoms with E-state index < -0.39 is 0 Å². The number of rotatable bonds is 2. The summed E-state index contributed by atoms with van der Waals surface area (Å²) in [5.74, 6) is -0.298. The zero-order chi connectivity index (χ0) is 15.7. The first-order valence-electron chi connectivity index (χ1n) is 7.30. The van der Waals surface area contributed by atoms with Crippen molar-refractivity contribution in [3.05, 3.63) is 59.7 Å². The Balaban J connectivity index is 1.98. The number of hydrogen-bond acceptors (Lipinski definition) is 2. The molecule has 0 atom stereocenters. The Hall–Kier alpha value is -2.62. The number of anilines is 2. The van der Waals surface area contributed by atoms with E-state index in [9.17, 15) is 9.59 Å². The lowest BCUT2D eigenvalue weighted by molar-refractivity contribution is -0.128. The molecule has 112 valence electrons. The van der Waals surface area contributed by atoms with Crippen LogP contribution in [0.5, 0.6) is 0 Å². The van der Waals surface area contributed by atoms with Crippen molar-refractivity contribution in [3.63, 3.8) is 0 Å². The third-order valence-corrected chi connectivity index (χ3v) is 4.00. The zero-order valence-electron chi connectivity index (χ0n) is 12.7. The summed E-state index contributed by atoms with van der Waals surface area (Å²) in [4.78, 5) is 28.0. The maximum Gasteiger partial charge on any atom is 0.237 e. The number of para-hydroxylation sites is 2. The Bertz CT molecular complexity index is 678. The van der Waals surface area contributed by atoms with Gasteiger partial charge in [-0.05, 0) is 37.1 Å². The Morgan fingerprint density at radius 1 is 0.727 bits per heavy atom. The van der Waals surface area contributed by atoms with Crippen LogP contribution >= 0.6 is 0 Å². The molecule has 2 amide bonds. The van der Waals surface area contributed by atoms with Gasteiger partial charge < -0.3 is 0 Å². The van der Waals surface area contributed by atoms with Gasteiger partial charge in [0.1, 0.15) is 13.1 Å². The van der Waals surface area contributed by atoms with Gasteiger partial charge in [-0.15, -0.1) is 0 Å². The SMILES string of the molecule is Cc1ccccc1N1CN(c2ccccc2C)C(=O)CC1=O. The van der Waals surface area contributed by atoms with Gasteiger partial charge in [-0.25, -0.2) is 0 Å². The molecule has 0 spiro atoms. The fourth-order valence-corrected chi connectivity index (χ4v) is 2.77. The smallest absolute Gasteiger partial charge is 0.237 e.